The molecule has 1 aromatic rings. The molecule has 0 aliphatic carbocycles. The molecule has 0 spiro atoms. The molecule has 1 rings (SSSR count). The molecule has 0 heterocycles. The minimum atomic E-state index is -0.845. The van der Waals surface area contributed by atoms with E-state index >= 15 is 0 Å². The highest BCUT2D eigenvalue weighted by atomic mass is 19.1. The van der Waals surface area contributed by atoms with E-state index in [0.29, 0.717) is 19.6 Å². The number of halogens is 1. The second-order valence-electron chi connectivity index (χ2n) is 4.53. The lowest BCUT2D eigenvalue weighted by atomic mass is 9.92. The summed E-state index contributed by atoms with van der Waals surface area (Å²) in [4.78, 5) is 12.0. The lowest BCUT2D eigenvalue weighted by molar-refractivity contribution is -0.150. The monoisotopic (exact) mass is 265 g/mol. The molecule has 0 amide bonds. The first kappa shape index (κ1) is 15.4. The highest BCUT2D eigenvalue weighted by molar-refractivity contribution is 5.80. The van der Waals surface area contributed by atoms with E-state index in [1.165, 1.54) is 12.1 Å². The van der Waals surface area contributed by atoms with Crippen molar-refractivity contribution < 1.29 is 13.9 Å². The molecule has 19 heavy (non-hydrogen) atoms. The first-order chi connectivity index (χ1) is 9.01. The summed E-state index contributed by atoms with van der Waals surface area (Å²) in [5.41, 5.74) is 0.0238. The average Bonchev–Trinajstić information content (AvgIpc) is 2.39. The van der Waals surface area contributed by atoms with Crippen LogP contribution in [0.3, 0.4) is 0 Å². The molecule has 4 heteroatoms. The molecule has 3 nitrogen and oxygen atoms in total. The van der Waals surface area contributed by atoms with Gasteiger partial charge in [0.25, 0.3) is 0 Å². The maximum atomic E-state index is 12.9. The fourth-order valence-electron chi connectivity index (χ4n) is 1.81. The van der Waals surface area contributed by atoms with Crippen LogP contribution in [0.5, 0.6) is 0 Å². The summed E-state index contributed by atoms with van der Waals surface area (Å²) in [7, 11) is 0. The van der Waals surface area contributed by atoms with Crippen LogP contribution in [-0.2, 0) is 16.0 Å². The predicted octanol–water partition coefficient (Wildman–Crippen LogP) is 2.47. The molecule has 0 saturated carbocycles. The number of nitrogens with one attached hydrogen (secondary N) is 1. The number of carbonyl (C=O) groups excluding carboxylic acids is 1. The van der Waals surface area contributed by atoms with E-state index in [1.807, 2.05) is 0 Å². The molecule has 0 aliphatic heterocycles. The zero-order chi connectivity index (χ0) is 14.3. The van der Waals surface area contributed by atoms with Gasteiger partial charge in [0.15, 0.2) is 0 Å². The lowest BCUT2D eigenvalue weighted by Gasteiger charge is -2.28. The Balaban J connectivity index is 2.86. The lowest BCUT2D eigenvalue weighted by Crippen LogP contribution is -2.52. The van der Waals surface area contributed by atoms with E-state index in [-0.39, 0.29) is 11.8 Å². The van der Waals surface area contributed by atoms with Crippen LogP contribution >= 0.6 is 0 Å². The van der Waals surface area contributed by atoms with Gasteiger partial charge in [0.2, 0.25) is 0 Å². The number of hydrogen-bond acceptors (Lipinski definition) is 3. The van der Waals surface area contributed by atoms with Gasteiger partial charge in [0, 0.05) is 13.0 Å². The summed E-state index contributed by atoms with van der Waals surface area (Å²) in [6, 6.07) is 6.10. The zero-order valence-electron chi connectivity index (χ0n) is 11.4. The predicted molar refractivity (Wildman–Crippen MR) is 73.3 cm³/mol. The van der Waals surface area contributed by atoms with E-state index in [1.54, 1.807) is 32.1 Å². The minimum absolute atomic E-state index is 0.291. The van der Waals surface area contributed by atoms with Crippen LogP contribution in [0.15, 0.2) is 36.9 Å². The quantitative estimate of drug-likeness (QED) is 0.608. The van der Waals surface area contributed by atoms with E-state index in [9.17, 15) is 9.18 Å². The van der Waals surface area contributed by atoms with E-state index in [2.05, 4.69) is 11.9 Å². The topological polar surface area (TPSA) is 38.3 Å². The smallest absolute Gasteiger partial charge is 0.326 e. The van der Waals surface area contributed by atoms with Gasteiger partial charge in [-0.15, -0.1) is 6.58 Å². The largest absolute Gasteiger partial charge is 0.465 e. The van der Waals surface area contributed by atoms with Crippen molar-refractivity contribution in [3.8, 4) is 0 Å². The van der Waals surface area contributed by atoms with E-state index in [4.69, 9.17) is 4.74 Å². The third-order valence-corrected chi connectivity index (χ3v) is 2.83. The third kappa shape index (κ3) is 4.48. The standard InChI is InChI=1S/C15H20FNO2/c1-4-10-17-15(3,14(18)19-5-2)11-12-6-8-13(16)9-7-12/h4,6-9,17H,1,5,10-11H2,2-3H3. The van der Waals surface area contributed by atoms with Gasteiger partial charge in [-0.3, -0.25) is 10.1 Å². The van der Waals surface area contributed by atoms with Crippen LogP contribution in [0.25, 0.3) is 0 Å². The second kappa shape index (κ2) is 7.04. The molecule has 1 aromatic carbocycles. The highest BCUT2D eigenvalue weighted by Crippen LogP contribution is 2.16. The van der Waals surface area contributed by atoms with Crippen LogP contribution in [0.4, 0.5) is 4.39 Å². The molecular formula is C15H20FNO2. The summed E-state index contributed by atoms with van der Waals surface area (Å²) in [5.74, 6) is -0.609. The number of benzene rings is 1. The summed E-state index contributed by atoms with van der Waals surface area (Å²) < 4.78 is 18.0. The molecule has 1 unspecified atom stereocenters. The number of hydrogen-bond donors (Lipinski definition) is 1. The Morgan fingerprint density at radius 3 is 2.63 bits per heavy atom. The van der Waals surface area contributed by atoms with Crippen LogP contribution in [-0.4, -0.2) is 24.7 Å². The molecule has 0 aliphatic rings. The Bertz CT molecular complexity index is 430. The number of rotatable bonds is 7. The molecule has 0 fully saturated rings. The second-order valence-corrected chi connectivity index (χ2v) is 4.53. The van der Waals surface area contributed by atoms with Crippen LogP contribution in [0, 0.1) is 5.82 Å². The van der Waals surface area contributed by atoms with Crippen LogP contribution in [0.1, 0.15) is 19.4 Å². The normalized spacial score (nSPS) is 13.6. The van der Waals surface area contributed by atoms with Gasteiger partial charge in [-0.1, -0.05) is 18.2 Å². The first-order valence-electron chi connectivity index (χ1n) is 6.29. The third-order valence-electron chi connectivity index (χ3n) is 2.83. The SMILES string of the molecule is C=CCNC(C)(Cc1ccc(F)cc1)C(=O)OCC. The van der Waals surface area contributed by atoms with Gasteiger partial charge >= 0.3 is 5.97 Å². The van der Waals surface area contributed by atoms with Crippen molar-refractivity contribution in [2.24, 2.45) is 0 Å². The van der Waals surface area contributed by atoms with Crippen LogP contribution < -0.4 is 5.32 Å². The first-order valence-corrected chi connectivity index (χ1v) is 6.29. The summed E-state index contributed by atoms with van der Waals surface area (Å²) in [5, 5.41) is 3.11. The molecule has 104 valence electrons. The van der Waals surface area contributed by atoms with Crippen molar-refractivity contribution in [3.63, 3.8) is 0 Å². The summed E-state index contributed by atoms with van der Waals surface area (Å²) >= 11 is 0. The fourth-order valence-corrected chi connectivity index (χ4v) is 1.81. The Morgan fingerprint density at radius 2 is 2.11 bits per heavy atom. The molecule has 0 radical (unpaired) electrons. The molecular weight excluding hydrogens is 245 g/mol. The Labute approximate surface area is 113 Å². The van der Waals surface area contributed by atoms with Gasteiger partial charge in [-0.25, -0.2) is 4.39 Å². The molecule has 1 N–H and O–H groups in total. The molecule has 1 atom stereocenters. The minimum Gasteiger partial charge on any atom is -0.465 e. The van der Waals surface area contributed by atoms with Gasteiger partial charge < -0.3 is 4.74 Å². The highest BCUT2D eigenvalue weighted by Gasteiger charge is 2.34. The van der Waals surface area contributed by atoms with Crippen molar-refractivity contribution in [2.75, 3.05) is 13.2 Å². The van der Waals surface area contributed by atoms with Crippen molar-refractivity contribution in [1.82, 2.24) is 5.32 Å². The van der Waals surface area contributed by atoms with Crippen molar-refractivity contribution >= 4 is 5.97 Å². The number of esters is 1. The number of ether oxygens (including phenoxy) is 1. The molecule has 0 bridgehead atoms. The average molecular weight is 265 g/mol. The van der Waals surface area contributed by atoms with E-state index < -0.39 is 5.54 Å². The van der Waals surface area contributed by atoms with E-state index in [0.717, 1.165) is 5.56 Å². The van der Waals surface area contributed by atoms with Gasteiger partial charge in [-0.2, -0.15) is 0 Å². The maximum absolute atomic E-state index is 12.9. The Hall–Kier alpha value is -1.68. The Morgan fingerprint density at radius 1 is 1.47 bits per heavy atom. The van der Waals surface area contributed by atoms with Gasteiger partial charge in [0.05, 0.1) is 6.61 Å². The van der Waals surface area contributed by atoms with Crippen molar-refractivity contribution in [3.05, 3.63) is 48.3 Å². The molecule has 0 aromatic heterocycles. The number of carbonyl (C=O) groups is 1. The fraction of sp³-hybridized carbons (Fsp3) is 0.400. The zero-order valence-corrected chi connectivity index (χ0v) is 11.4. The van der Waals surface area contributed by atoms with Gasteiger partial charge in [-0.05, 0) is 31.5 Å². The maximum Gasteiger partial charge on any atom is 0.326 e. The Kier molecular flexibility index (Phi) is 5.70. The summed E-state index contributed by atoms with van der Waals surface area (Å²) in [6.07, 6.45) is 2.11. The van der Waals surface area contributed by atoms with Crippen LogP contribution in [0.2, 0.25) is 0 Å². The molecule has 0 saturated heterocycles. The van der Waals surface area contributed by atoms with Gasteiger partial charge in [0.1, 0.15) is 11.4 Å². The van der Waals surface area contributed by atoms with Crippen molar-refractivity contribution in [2.45, 2.75) is 25.8 Å². The summed E-state index contributed by atoms with van der Waals surface area (Å²) in [6.45, 7) is 7.99. The van der Waals surface area contributed by atoms with Crippen molar-refractivity contribution in [1.29, 1.82) is 0 Å².